The van der Waals surface area contributed by atoms with Crippen LogP contribution in [0.25, 0.3) is 0 Å². The highest BCUT2D eigenvalue weighted by Gasteiger charge is 1.95. The maximum Gasteiger partial charge on any atom is 0.0473 e. The van der Waals surface area contributed by atoms with E-state index in [-0.39, 0.29) is 0 Å². The van der Waals surface area contributed by atoms with Crippen LogP contribution < -0.4 is 5.73 Å². The molecule has 0 unspecified atom stereocenters. The summed E-state index contributed by atoms with van der Waals surface area (Å²) in [6.07, 6.45) is 1.10. The van der Waals surface area contributed by atoms with Crippen molar-refractivity contribution in [1.82, 2.24) is 0 Å². The van der Waals surface area contributed by atoms with Gasteiger partial charge < -0.3 is 10.5 Å². The molecular formula is C12H19NOS. The van der Waals surface area contributed by atoms with Gasteiger partial charge in [-0.25, -0.2) is 0 Å². The largest absolute Gasteiger partial charge is 0.382 e. The van der Waals surface area contributed by atoms with Crippen LogP contribution in [0.15, 0.2) is 29.2 Å². The molecule has 1 aromatic rings. The van der Waals surface area contributed by atoms with E-state index in [2.05, 4.69) is 24.3 Å². The zero-order valence-corrected chi connectivity index (χ0v) is 10.1. The van der Waals surface area contributed by atoms with Gasteiger partial charge in [0.05, 0.1) is 0 Å². The standard InChI is InChI=1S/C12H19NOS/c1-2-14-7-4-8-15-12-6-3-5-11(9-12)10-13/h3,5-6,9H,2,4,7-8,10,13H2,1H3. The quantitative estimate of drug-likeness (QED) is 0.572. The van der Waals surface area contributed by atoms with E-state index < -0.39 is 0 Å². The van der Waals surface area contributed by atoms with Crippen molar-refractivity contribution in [2.45, 2.75) is 24.8 Å². The topological polar surface area (TPSA) is 35.2 Å². The first-order valence-corrected chi connectivity index (χ1v) is 6.35. The molecule has 0 amide bonds. The zero-order valence-electron chi connectivity index (χ0n) is 9.24. The monoisotopic (exact) mass is 225 g/mol. The molecule has 0 aliphatic heterocycles. The number of benzene rings is 1. The Hall–Kier alpha value is -0.510. The van der Waals surface area contributed by atoms with E-state index in [1.807, 2.05) is 18.7 Å². The highest BCUT2D eigenvalue weighted by molar-refractivity contribution is 7.99. The number of ether oxygens (including phenoxy) is 1. The molecule has 84 valence electrons. The highest BCUT2D eigenvalue weighted by atomic mass is 32.2. The molecule has 3 heteroatoms. The third kappa shape index (κ3) is 5.21. The van der Waals surface area contributed by atoms with Crippen molar-refractivity contribution in [3.63, 3.8) is 0 Å². The Morgan fingerprint density at radius 1 is 1.40 bits per heavy atom. The summed E-state index contributed by atoms with van der Waals surface area (Å²) in [5.41, 5.74) is 6.78. The fourth-order valence-electron chi connectivity index (χ4n) is 1.26. The minimum Gasteiger partial charge on any atom is -0.382 e. The van der Waals surface area contributed by atoms with Crippen molar-refractivity contribution in [3.8, 4) is 0 Å². The molecule has 0 heterocycles. The van der Waals surface area contributed by atoms with E-state index in [0.717, 1.165) is 25.4 Å². The van der Waals surface area contributed by atoms with Crippen LogP contribution in [0.1, 0.15) is 18.9 Å². The third-order valence-corrected chi connectivity index (χ3v) is 3.12. The van der Waals surface area contributed by atoms with Gasteiger partial charge in [0.15, 0.2) is 0 Å². The molecule has 1 rings (SSSR count). The number of rotatable bonds is 7. The molecule has 0 spiro atoms. The first-order valence-electron chi connectivity index (χ1n) is 5.36. The van der Waals surface area contributed by atoms with E-state index >= 15 is 0 Å². The van der Waals surface area contributed by atoms with Gasteiger partial charge in [0.25, 0.3) is 0 Å². The van der Waals surface area contributed by atoms with Crippen molar-refractivity contribution >= 4 is 11.8 Å². The molecule has 2 nitrogen and oxygen atoms in total. The Kier molecular flexibility index (Phi) is 6.48. The molecule has 0 radical (unpaired) electrons. The first-order chi connectivity index (χ1) is 7.36. The Morgan fingerprint density at radius 3 is 3.00 bits per heavy atom. The molecule has 0 bridgehead atoms. The summed E-state index contributed by atoms with van der Waals surface area (Å²) in [5, 5.41) is 0. The minimum atomic E-state index is 0.618. The van der Waals surface area contributed by atoms with Crippen LogP contribution in [0.3, 0.4) is 0 Å². The Bertz CT molecular complexity index is 278. The van der Waals surface area contributed by atoms with Crippen LogP contribution in [-0.2, 0) is 11.3 Å². The van der Waals surface area contributed by atoms with Gasteiger partial charge in [-0.05, 0) is 31.0 Å². The van der Waals surface area contributed by atoms with Crippen molar-refractivity contribution in [3.05, 3.63) is 29.8 Å². The van der Waals surface area contributed by atoms with Gasteiger partial charge in [-0.15, -0.1) is 11.8 Å². The van der Waals surface area contributed by atoms with E-state index in [1.54, 1.807) is 0 Å². The van der Waals surface area contributed by atoms with Gasteiger partial charge in [-0.1, -0.05) is 12.1 Å². The van der Waals surface area contributed by atoms with Gasteiger partial charge >= 0.3 is 0 Å². The molecule has 0 saturated carbocycles. The fourth-order valence-corrected chi connectivity index (χ4v) is 2.16. The molecule has 0 aliphatic carbocycles. The van der Waals surface area contributed by atoms with Gasteiger partial charge in [-0.2, -0.15) is 0 Å². The minimum absolute atomic E-state index is 0.618. The number of thioether (sulfide) groups is 1. The number of hydrogen-bond donors (Lipinski definition) is 1. The van der Waals surface area contributed by atoms with Gasteiger partial charge in [0.1, 0.15) is 0 Å². The summed E-state index contributed by atoms with van der Waals surface area (Å²) in [6, 6.07) is 8.41. The maximum atomic E-state index is 5.58. The van der Waals surface area contributed by atoms with Gasteiger partial charge in [-0.3, -0.25) is 0 Å². The molecule has 0 saturated heterocycles. The third-order valence-electron chi connectivity index (χ3n) is 2.04. The van der Waals surface area contributed by atoms with Crippen LogP contribution in [0, 0.1) is 0 Å². The Balaban J connectivity index is 2.24. The van der Waals surface area contributed by atoms with Crippen LogP contribution in [0.5, 0.6) is 0 Å². The van der Waals surface area contributed by atoms with Crippen molar-refractivity contribution < 1.29 is 4.74 Å². The molecule has 0 fully saturated rings. The number of nitrogens with two attached hydrogens (primary N) is 1. The molecule has 0 aromatic heterocycles. The van der Waals surface area contributed by atoms with Gasteiger partial charge in [0.2, 0.25) is 0 Å². The van der Waals surface area contributed by atoms with Crippen molar-refractivity contribution in [2.75, 3.05) is 19.0 Å². The van der Waals surface area contributed by atoms with Crippen LogP contribution in [0.2, 0.25) is 0 Å². The average molecular weight is 225 g/mol. The number of hydrogen-bond acceptors (Lipinski definition) is 3. The molecule has 1 aromatic carbocycles. The molecule has 15 heavy (non-hydrogen) atoms. The lowest BCUT2D eigenvalue weighted by molar-refractivity contribution is 0.149. The summed E-state index contributed by atoms with van der Waals surface area (Å²) < 4.78 is 5.28. The second kappa shape index (κ2) is 7.74. The predicted molar refractivity (Wildman–Crippen MR) is 66.2 cm³/mol. The smallest absolute Gasteiger partial charge is 0.0473 e. The molecule has 0 atom stereocenters. The van der Waals surface area contributed by atoms with Crippen LogP contribution in [-0.4, -0.2) is 19.0 Å². The summed E-state index contributed by atoms with van der Waals surface area (Å²) >= 11 is 1.86. The summed E-state index contributed by atoms with van der Waals surface area (Å²) in [4.78, 5) is 1.30. The second-order valence-corrected chi connectivity index (χ2v) is 4.42. The van der Waals surface area contributed by atoms with Gasteiger partial charge in [0, 0.05) is 30.4 Å². The van der Waals surface area contributed by atoms with Crippen molar-refractivity contribution in [2.24, 2.45) is 5.73 Å². The van der Waals surface area contributed by atoms with E-state index in [1.165, 1.54) is 10.5 Å². The van der Waals surface area contributed by atoms with Crippen LogP contribution >= 0.6 is 11.8 Å². The highest BCUT2D eigenvalue weighted by Crippen LogP contribution is 2.19. The van der Waals surface area contributed by atoms with E-state index in [4.69, 9.17) is 10.5 Å². The average Bonchev–Trinajstić information content (AvgIpc) is 2.29. The van der Waals surface area contributed by atoms with Crippen molar-refractivity contribution in [1.29, 1.82) is 0 Å². The lowest BCUT2D eigenvalue weighted by Gasteiger charge is -2.03. The SMILES string of the molecule is CCOCCCSc1cccc(CN)c1. The summed E-state index contributed by atoms with van der Waals surface area (Å²) in [6.45, 7) is 4.32. The predicted octanol–water partition coefficient (Wildman–Crippen LogP) is 2.66. The lowest BCUT2D eigenvalue weighted by Crippen LogP contribution is -1.96. The van der Waals surface area contributed by atoms with E-state index in [9.17, 15) is 0 Å². The van der Waals surface area contributed by atoms with Crippen LogP contribution in [0.4, 0.5) is 0 Å². The fraction of sp³-hybridized carbons (Fsp3) is 0.500. The zero-order chi connectivity index (χ0) is 10.9. The molecular weight excluding hydrogens is 206 g/mol. The second-order valence-electron chi connectivity index (χ2n) is 3.25. The lowest BCUT2D eigenvalue weighted by atomic mass is 10.2. The maximum absolute atomic E-state index is 5.58. The van der Waals surface area contributed by atoms with E-state index in [0.29, 0.717) is 6.54 Å². The Labute approximate surface area is 96.2 Å². The molecule has 0 aliphatic rings. The molecule has 2 N–H and O–H groups in total. The Morgan fingerprint density at radius 2 is 2.27 bits per heavy atom. The summed E-state index contributed by atoms with van der Waals surface area (Å²) in [7, 11) is 0. The summed E-state index contributed by atoms with van der Waals surface area (Å²) in [5.74, 6) is 1.11. The first kappa shape index (κ1) is 12.6. The normalized spacial score (nSPS) is 10.5.